The number of halogens is 2. The lowest BCUT2D eigenvalue weighted by Gasteiger charge is -2.02. The van der Waals surface area contributed by atoms with Gasteiger partial charge in [-0.2, -0.15) is 0 Å². The molecular weight excluding hydrogens is 201 g/mol. The van der Waals surface area contributed by atoms with E-state index in [-0.39, 0.29) is 21.4 Å². The van der Waals surface area contributed by atoms with Crippen molar-refractivity contribution in [2.75, 3.05) is 0 Å². The Kier molecular flexibility index (Phi) is 2.45. The molecule has 0 spiro atoms. The fraction of sp³-hybridized carbons (Fsp3) is 0. The number of amides is 1. The van der Waals surface area contributed by atoms with E-state index in [1.807, 2.05) is 0 Å². The van der Waals surface area contributed by atoms with Crippen molar-refractivity contribution in [3.63, 3.8) is 0 Å². The highest BCUT2D eigenvalue weighted by Crippen LogP contribution is 2.30. The van der Waals surface area contributed by atoms with E-state index < -0.39 is 5.91 Å². The van der Waals surface area contributed by atoms with Crippen LogP contribution in [0.4, 0.5) is 0 Å². The van der Waals surface area contributed by atoms with Crippen molar-refractivity contribution >= 4 is 29.1 Å². The Bertz CT molecular complexity index is 338. The van der Waals surface area contributed by atoms with Crippen molar-refractivity contribution in [2.24, 2.45) is 5.73 Å². The minimum atomic E-state index is -0.724. The minimum absolute atomic E-state index is 0.0154. The second-order valence-corrected chi connectivity index (χ2v) is 2.97. The van der Waals surface area contributed by atoms with Gasteiger partial charge in [0.1, 0.15) is 5.75 Å². The van der Waals surface area contributed by atoms with Gasteiger partial charge in [-0.15, -0.1) is 0 Å². The van der Waals surface area contributed by atoms with Gasteiger partial charge >= 0.3 is 0 Å². The van der Waals surface area contributed by atoms with E-state index in [4.69, 9.17) is 34.0 Å². The molecule has 1 aromatic rings. The van der Waals surface area contributed by atoms with E-state index in [0.717, 1.165) is 0 Å². The minimum Gasteiger partial charge on any atom is -0.506 e. The van der Waals surface area contributed by atoms with Gasteiger partial charge in [0, 0.05) is 11.1 Å². The van der Waals surface area contributed by atoms with Crippen LogP contribution in [0.1, 0.15) is 10.4 Å². The van der Waals surface area contributed by atoms with Gasteiger partial charge in [-0.25, -0.2) is 0 Å². The first-order valence-electron chi connectivity index (χ1n) is 3.00. The molecule has 0 radical (unpaired) electrons. The predicted molar refractivity (Wildman–Crippen MR) is 46.6 cm³/mol. The maximum Gasteiger partial charge on any atom is 0.250 e. The highest BCUT2D eigenvalue weighted by molar-refractivity contribution is 6.37. The summed E-state index contributed by atoms with van der Waals surface area (Å²) in [6.07, 6.45) is 0. The Labute approximate surface area is 78.7 Å². The molecule has 0 atom stereocenters. The molecular formula is C7H5Cl2NO2. The molecule has 0 aliphatic carbocycles. The number of phenolic OH excluding ortho intramolecular Hbond substituents is 1. The predicted octanol–water partition coefficient (Wildman–Crippen LogP) is 1.80. The second-order valence-electron chi connectivity index (χ2n) is 2.15. The van der Waals surface area contributed by atoms with Crippen molar-refractivity contribution in [3.8, 4) is 5.75 Å². The quantitative estimate of drug-likeness (QED) is 0.735. The summed E-state index contributed by atoms with van der Waals surface area (Å²) in [6, 6.07) is 2.53. The number of nitrogens with two attached hydrogens (primary N) is 1. The number of benzene rings is 1. The molecule has 0 fully saturated rings. The van der Waals surface area contributed by atoms with Crippen molar-refractivity contribution in [1.29, 1.82) is 0 Å². The first-order valence-corrected chi connectivity index (χ1v) is 3.76. The van der Waals surface area contributed by atoms with Gasteiger partial charge in [0.15, 0.2) is 0 Å². The summed E-state index contributed by atoms with van der Waals surface area (Å²) in [6.45, 7) is 0. The van der Waals surface area contributed by atoms with Crippen molar-refractivity contribution in [3.05, 3.63) is 27.7 Å². The highest BCUT2D eigenvalue weighted by atomic mass is 35.5. The summed E-state index contributed by atoms with van der Waals surface area (Å²) in [4.78, 5) is 10.7. The van der Waals surface area contributed by atoms with Crippen molar-refractivity contribution < 1.29 is 9.90 Å². The van der Waals surface area contributed by atoms with Crippen LogP contribution in [0.3, 0.4) is 0 Å². The van der Waals surface area contributed by atoms with E-state index in [9.17, 15) is 4.79 Å². The third-order valence-electron chi connectivity index (χ3n) is 1.28. The van der Waals surface area contributed by atoms with Crippen LogP contribution in [0, 0.1) is 0 Å². The van der Waals surface area contributed by atoms with Crippen molar-refractivity contribution in [1.82, 2.24) is 0 Å². The van der Waals surface area contributed by atoms with Gasteiger partial charge in [0.05, 0.1) is 10.6 Å². The number of carbonyl (C=O) groups excluding carboxylic acids is 1. The maximum atomic E-state index is 10.7. The first kappa shape index (κ1) is 9.16. The Balaban J connectivity index is 3.37. The van der Waals surface area contributed by atoms with Crippen LogP contribution < -0.4 is 5.73 Å². The SMILES string of the molecule is NC(=O)c1cc(Cl)cc(O)c1Cl. The van der Waals surface area contributed by atoms with Gasteiger partial charge in [-0.3, -0.25) is 4.79 Å². The summed E-state index contributed by atoms with van der Waals surface area (Å²) in [5.41, 5.74) is 4.97. The number of aromatic hydroxyl groups is 1. The van der Waals surface area contributed by atoms with Gasteiger partial charge in [0.25, 0.3) is 0 Å². The van der Waals surface area contributed by atoms with E-state index in [0.29, 0.717) is 0 Å². The van der Waals surface area contributed by atoms with Crippen LogP contribution >= 0.6 is 23.2 Å². The molecule has 1 aromatic carbocycles. The maximum absolute atomic E-state index is 10.7. The second kappa shape index (κ2) is 3.21. The van der Waals surface area contributed by atoms with Crippen LogP contribution in [0.5, 0.6) is 5.75 Å². The molecule has 12 heavy (non-hydrogen) atoms. The summed E-state index contributed by atoms with van der Waals surface area (Å²) < 4.78 is 0. The zero-order valence-corrected chi connectivity index (χ0v) is 7.36. The molecule has 1 rings (SSSR count). The number of primary amides is 1. The van der Waals surface area contributed by atoms with E-state index >= 15 is 0 Å². The molecule has 5 heteroatoms. The average molecular weight is 206 g/mol. The smallest absolute Gasteiger partial charge is 0.250 e. The van der Waals surface area contributed by atoms with Gasteiger partial charge in [0.2, 0.25) is 5.91 Å². The molecule has 3 N–H and O–H groups in total. The monoisotopic (exact) mass is 205 g/mol. The number of carbonyl (C=O) groups is 1. The number of phenols is 1. The number of rotatable bonds is 1. The molecule has 0 unspecified atom stereocenters. The Morgan fingerprint density at radius 3 is 2.50 bits per heavy atom. The van der Waals surface area contributed by atoms with Crippen LogP contribution in [-0.4, -0.2) is 11.0 Å². The normalized spacial score (nSPS) is 9.83. The Morgan fingerprint density at radius 1 is 1.42 bits per heavy atom. The Morgan fingerprint density at radius 2 is 2.00 bits per heavy atom. The van der Waals surface area contributed by atoms with E-state index in [1.165, 1.54) is 12.1 Å². The van der Waals surface area contributed by atoms with Gasteiger partial charge in [-0.1, -0.05) is 23.2 Å². The van der Waals surface area contributed by atoms with Crippen LogP contribution in [-0.2, 0) is 0 Å². The van der Waals surface area contributed by atoms with Gasteiger partial charge < -0.3 is 10.8 Å². The largest absolute Gasteiger partial charge is 0.506 e. The molecule has 3 nitrogen and oxygen atoms in total. The molecule has 0 heterocycles. The van der Waals surface area contributed by atoms with Crippen molar-refractivity contribution in [2.45, 2.75) is 0 Å². The fourth-order valence-corrected chi connectivity index (χ4v) is 1.17. The fourth-order valence-electron chi connectivity index (χ4n) is 0.754. The molecule has 64 valence electrons. The van der Waals surface area contributed by atoms with E-state index in [1.54, 1.807) is 0 Å². The lowest BCUT2D eigenvalue weighted by Crippen LogP contribution is -2.11. The molecule has 0 aliphatic heterocycles. The molecule has 0 saturated carbocycles. The molecule has 0 aromatic heterocycles. The lowest BCUT2D eigenvalue weighted by atomic mass is 10.2. The lowest BCUT2D eigenvalue weighted by molar-refractivity contribution is 0.1000. The number of hydrogen-bond donors (Lipinski definition) is 2. The van der Waals surface area contributed by atoms with Crippen LogP contribution in [0.15, 0.2) is 12.1 Å². The summed E-state index contributed by atoms with van der Waals surface area (Å²) >= 11 is 11.1. The first-order chi connectivity index (χ1) is 5.52. The summed E-state index contributed by atoms with van der Waals surface area (Å²) in [7, 11) is 0. The zero-order valence-electron chi connectivity index (χ0n) is 5.84. The number of hydrogen-bond acceptors (Lipinski definition) is 2. The van der Waals surface area contributed by atoms with E-state index in [2.05, 4.69) is 0 Å². The third kappa shape index (κ3) is 1.62. The summed E-state index contributed by atoms with van der Waals surface area (Å²) in [5, 5.41) is 9.24. The zero-order chi connectivity index (χ0) is 9.30. The average Bonchev–Trinajstić information content (AvgIpc) is 1.96. The third-order valence-corrected chi connectivity index (χ3v) is 1.90. The highest BCUT2D eigenvalue weighted by Gasteiger charge is 2.11. The molecule has 1 amide bonds. The standard InChI is InChI=1S/C7H5Cl2NO2/c8-3-1-4(7(10)12)6(9)5(11)2-3/h1-2,11H,(H2,10,12). The summed E-state index contributed by atoms with van der Waals surface area (Å²) in [5.74, 6) is -0.976. The molecule has 0 aliphatic rings. The van der Waals surface area contributed by atoms with Crippen LogP contribution in [0.2, 0.25) is 10.0 Å². The topological polar surface area (TPSA) is 63.3 Å². The molecule has 0 bridgehead atoms. The Hall–Kier alpha value is -0.930. The molecule has 0 saturated heterocycles. The van der Waals surface area contributed by atoms with Gasteiger partial charge in [-0.05, 0) is 6.07 Å². The van der Waals surface area contributed by atoms with Crippen LogP contribution in [0.25, 0.3) is 0 Å².